The van der Waals surface area contributed by atoms with Gasteiger partial charge in [-0.2, -0.15) is 0 Å². The van der Waals surface area contributed by atoms with Crippen molar-refractivity contribution in [3.05, 3.63) is 42.0 Å². The summed E-state index contributed by atoms with van der Waals surface area (Å²) in [7, 11) is 3.24. The van der Waals surface area contributed by atoms with Gasteiger partial charge in [-0.15, -0.1) is 0 Å². The van der Waals surface area contributed by atoms with Gasteiger partial charge in [0.25, 0.3) is 0 Å². The van der Waals surface area contributed by atoms with Crippen LogP contribution in [0.15, 0.2) is 30.6 Å². The minimum Gasteiger partial charge on any atom is -0.493 e. The van der Waals surface area contributed by atoms with Crippen LogP contribution in [0.1, 0.15) is 24.4 Å². The van der Waals surface area contributed by atoms with Crippen LogP contribution < -0.4 is 20.7 Å². The number of aryl methyl sites for hydroxylation is 1. The zero-order chi connectivity index (χ0) is 15.2. The van der Waals surface area contributed by atoms with Crippen LogP contribution in [0.5, 0.6) is 11.5 Å². The van der Waals surface area contributed by atoms with Gasteiger partial charge in [-0.25, -0.2) is 4.98 Å². The standard InChI is InChI=1S/C15H22N4O2/c1-4-19-8-7-17-15(19)10-12(18-16)11-5-6-13(20-2)14(9-11)21-3/h5-9,12,18H,4,10,16H2,1-3H3. The third-order valence-corrected chi connectivity index (χ3v) is 3.54. The molecule has 0 amide bonds. The molecular formula is C15H22N4O2. The molecule has 0 saturated carbocycles. The van der Waals surface area contributed by atoms with E-state index in [-0.39, 0.29) is 6.04 Å². The molecule has 1 aromatic heterocycles. The average Bonchev–Trinajstić information content (AvgIpc) is 2.99. The van der Waals surface area contributed by atoms with Gasteiger partial charge in [0.05, 0.1) is 20.3 Å². The number of aromatic nitrogens is 2. The molecule has 1 atom stereocenters. The van der Waals surface area contributed by atoms with Crippen molar-refractivity contribution in [2.24, 2.45) is 5.84 Å². The van der Waals surface area contributed by atoms with Crippen LogP contribution in [0.4, 0.5) is 0 Å². The lowest BCUT2D eigenvalue weighted by Crippen LogP contribution is -2.30. The van der Waals surface area contributed by atoms with Gasteiger partial charge in [-0.3, -0.25) is 11.3 Å². The summed E-state index contributed by atoms with van der Waals surface area (Å²) in [5.41, 5.74) is 3.88. The van der Waals surface area contributed by atoms with E-state index in [1.165, 1.54) is 0 Å². The number of nitrogens with zero attached hydrogens (tertiary/aromatic N) is 2. The lowest BCUT2D eigenvalue weighted by Gasteiger charge is -2.18. The van der Waals surface area contributed by atoms with Crippen LogP contribution in [0, 0.1) is 0 Å². The summed E-state index contributed by atoms with van der Waals surface area (Å²) >= 11 is 0. The number of benzene rings is 1. The van der Waals surface area contributed by atoms with Crippen LogP contribution in [0.3, 0.4) is 0 Å². The predicted molar refractivity (Wildman–Crippen MR) is 81.2 cm³/mol. The van der Waals surface area contributed by atoms with Crippen LogP contribution in [-0.2, 0) is 13.0 Å². The molecule has 3 N–H and O–H groups in total. The van der Waals surface area contributed by atoms with Crippen molar-refractivity contribution < 1.29 is 9.47 Å². The van der Waals surface area contributed by atoms with Gasteiger partial charge in [0, 0.05) is 25.4 Å². The van der Waals surface area contributed by atoms with Crippen molar-refractivity contribution in [2.75, 3.05) is 14.2 Å². The molecule has 0 radical (unpaired) electrons. The van der Waals surface area contributed by atoms with Crippen molar-refractivity contribution in [3.63, 3.8) is 0 Å². The Morgan fingerprint density at radius 2 is 2.05 bits per heavy atom. The fourth-order valence-electron chi connectivity index (χ4n) is 2.34. The van der Waals surface area contributed by atoms with E-state index in [2.05, 4.69) is 21.9 Å². The fourth-order valence-corrected chi connectivity index (χ4v) is 2.34. The highest BCUT2D eigenvalue weighted by molar-refractivity contribution is 5.43. The van der Waals surface area contributed by atoms with Gasteiger partial charge in [-0.05, 0) is 24.6 Å². The van der Waals surface area contributed by atoms with Crippen molar-refractivity contribution in [3.8, 4) is 11.5 Å². The maximum Gasteiger partial charge on any atom is 0.161 e. The van der Waals surface area contributed by atoms with E-state index in [0.717, 1.165) is 17.9 Å². The van der Waals surface area contributed by atoms with Gasteiger partial charge in [0.2, 0.25) is 0 Å². The number of nitrogens with one attached hydrogen (secondary N) is 1. The number of nitrogens with two attached hydrogens (primary N) is 1. The lowest BCUT2D eigenvalue weighted by molar-refractivity contribution is 0.353. The third-order valence-electron chi connectivity index (χ3n) is 3.54. The average molecular weight is 290 g/mol. The molecule has 1 unspecified atom stereocenters. The Hall–Kier alpha value is -2.05. The van der Waals surface area contributed by atoms with Crippen molar-refractivity contribution in [2.45, 2.75) is 25.9 Å². The first-order valence-electron chi connectivity index (χ1n) is 6.91. The Bertz CT molecular complexity index is 583. The summed E-state index contributed by atoms with van der Waals surface area (Å²) in [6, 6.07) is 5.75. The summed E-state index contributed by atoms with van der Waals surface area (Å²) in [6.07, 6.45) is 4.48. The molecule has 0 aliphatic heterocycles. The van der Waals surface area contributed by atoms with Gasteiger partial charge in [-0.1, -0.05) is 6.07 Å². The number of ether oxygens (including phenoxy) is 2. The number of methoxy groups -OCH3 is 2. The second-order valence-corrected chi connectivity index (χ2v) is 4.67. The van der Waals surface area contributed by atoms with E-state index in [4.69, 9.17) is 15.3 Å². The molecule has 0 fully saturated rings. The molecule has 114 valence electrons. The second-order valence-electron chi connectivity index (χ2n) is 4.67. The fraction of sp³-hybridized carbons (Fsp3) is 0.400. The van der Waals surface area contributed by atoms with Gasteiger partial charge in [0.1, 0.15) is 5.82 Å². The van der Waals surface area contributed by atoms with Gasteiger partial charge in [0.15, 0.2) is 11.5 Å². The first-order chi connectivity index (χ1) is 10.2. The van der Waals surface area contributed by atoms with Crippen molar-refractivity contribution >= 4 is 0 Å². The number of hydrazine groups is 1. The summed E-state index contributed by atoms with van der Waals surface area (Å²) in [6.45, 7) is 2.98. The van der Waals surface area contributed by atoms with E-state index in [9.17, 15) is 0 Å². The monoisotopic (exact) mass is 290 g/mol. The van der Waals surface area contributed by atoms with Crippen molar-refractivity contribution in [1.82, 2.24) is 15.0 Å². The molecule has 6 heteroatoms. The Kier molecular flexibility index (Phi) is 5.19. The van der Waals surface area contributed by atoms with Crippen molar-refractivity contribution in [1.29, 1.82) is 0 Å². The van der Waals surface area contributed by atoms with Crippen LogP contribution in [-0.4, -0.2) is 23.8 Å². The predicted octanol–water partition coefficient (Wildman–Crippen LogP) is 1.67. The first-order valence-corrected chi connectivity index (χ1v) is 6.91. The molecule has 2 aromatic rings. The maximum atomic E-state index is 5.72. The molecular weight excluding hydrogens is 268 g/mol. The summed E-state index contributed by atoms with van der Waals surface area (Å²) in [4.78, 5) is 4.39. The number of hydrogen-bond acceptors (Lipinski definition) is 5. The van der Waals surface area contributed by atoms with Gasteiger partial charge < -0.3 is 14.0 Å². The Morgan fingerprint density at radius 3 is 2.67 bits per heavy atom. The first kappa shape index (κ1) is 15.3. The lowest BCUT2D eigenvalue weighted by atomic mass is 10.0. The third kappa shape index (κ3) is 3.34. The van der Waals surface area contributed by atoms with E-state index < -0.39 is 0 Å². The summed E-state index contributed by atoms with van der Waals surface area (Å²) in [5, 5.41) is 0. The molecule has 2 rings (SSSR count). The summed E-state index contributed by atoms with van der Waals surface area (Å²) in [5.74, 6) is 8.10. The normalized spacial score (nSPS) is 12.2. The number of hydrogen-bond donors (Lipinski definition) is 2. The minimum absolute atomic E-state index is 0.0440. The van der Waals surface area contributed by atoms with E-state index in [1.807, 2.05) is 24.4 Å². The van der Waals surface area contributed by atoms with E-state index >= 15 is 0 Å². The van der Waals surface area contributed by atoms with Crippen LogP contribution in [0.25, 0.3) is 0 Å². The molecule has 1 heterocycles. The number of imidazole rings is 1. The maximum absolute atomic E-state index is 5.72. The quantitative estimate of drug-likeness (QED) is 0.599. The zero-order valence-corrected chi connectivity index (χ0v) is 12.7. The smallest absolute Gasteiger partial charge is 0.161 e. The van der Waals surface area contributed by atoms with Gasteiger partial charge >= 0.3 is 0 Å². The summed E-state index contributed by atoms with van der Waals surface area (Å²) < 4.78 is 12.7. The Balaban J connectivity index is 2.25. The molecule has 0 aliphatic rings. The minimum atomic E-state index is -0.0440. The second kappa shape index (κ2) is 7.10. The molecule has 0 bridgehead atoms. The SMILES string of the molecule is CCn1ccnc1CC(NN)c1ccc(OC)c(OC)c1. The topological polar surface area (TPSA) is 74.3 Å². The van der Waals surface area contributed by atoms with Crippen LogP contribution in [0.2, 0.25) is 0 Å². The highest BCUT2D eigenvalue weighted by Gasteiger charge is 2.16. The molecule has 0 saturated heterocycles. The molecule has 6 nitrogen and oxygen atoms in total. The molecule has 0 spiro atoms. The van der Waals surface area contributed by atoms with Crippen LogP contribution >= 0.6 is 0 Å². The Labute approximate surface area is 124 Å². The zero-order valence-electron chi connectivity index (χ0n) is 12.7. The van der Waals surface area contributed by atoms with E-state index in [0.29, 0.717) is 17.9 Å². The molecule has 0 aliphatic carbocycles. The van der Waals surface area contributed by atoms with E-state index in [1.54, 1.807) is 20.4 Å². The number of rotatable bonds is 7. The molecule has 21 heavy (non-hydrogen) atoms. The Morgan fingerprint density at radius 1 is 1.29 bits per heavy atom. The highest BCUT2D eigenvalue weighted by atomic mass is 16.5. The largest absolute Gasteiger partial charge is 0.493 e. The highest BCUT2D eigenvalue weighted by Crippen LogP contribution is 2.30. The molecule has 1 aromatic carbocycles.